The summed E-state index contributed by atoms with van der Waals surface area (Å²) < 4.78 is 5.51. The van der Waals surface area contributed by atoms with Crippen LogP contribution in [0.1, 0.15) is 29.2 Å². The predicted molar refractivity (Wildman–Crippen MR) is 74.2 cm³/mol. The maximum atomic E-state index is 5.90. The fraction of sp³-hybridized carbons (Fsp3) is 0.571. The Morgan fingerprint density at radius 3 is 2.41 bits per heavy atom. The lowest BCUT2D eigenvalue weighted by atomic mass is 9.95. The Balaban J connectivity index is 3.25. The van der Waals surface area contributed by atoms with Gasteiger partial charge >= 0.3 is 0 Å². The Morgan fingerprint density at radius 1 is 1.29 bits per heavy atom. The van der Waals surface area contributed by atoms with Crippen molar-refractivity contribution in [1.29, 1.82) is 0 Å². The van der Waals surface area contributed by atoms with Gasteiger partial charge in [-0.2, -0.15) is 0 Å². The Hall–Kier alpha value is -0.730. The van der Waals surface area contributed by atoms with Gasteiger partial charge in [0.25, 0.3) is 0 Å². The Morgan fingerprint density at radius 2 is 1.94 bits per heavy atom. The average molecular weight is 256 g/mol. The summed E-state index contributed by atoms with van der Waals surface area (Å²) in [5, 5.41) is 0. The van der Waals surface area contributed by atoms with Gasteiger partial charge in [0, 0.05) is 17.5 Å². The summed E-state index contributed by atoms with van der Waals surface area (Å²) in [6.07, 6.45) is 0.925. The minimum absolute atomic E-state index is 0.308. The second-order valence-electron chi connectivity index (χ2n) is 4.65. The van der Waals surface area contributed by atoms with Gasteiger partial charge in [0.05, 0.1) is 7.11 Å². The van der Waals surface area contributed by atoms with E-state index in [2.05, 4.69) is 45.0 Å². The summed E-state index contributed by atoms with van der Waals surface area (Å²) in [6, 6.07) is 4.60. The molecular formula is C14H22ClNO. The maximum Gasteiger partial charge on any atom is 0.124 e. The van der Waals surface area contributed by atoms with Crippen molar-refractivity contribution in [2.24, 2.45) is 0 Å². The van der Waals surface area contributed by atoms with Gasteiger partial charge in [-0.05, 0) is 51.6 Å². The van der Waals surface area contributed by atoms with Crippen molar-refractivity contribution in [3.63, 3.8) is 0 Å². The van der Waals surface area contributed by atoms with Crippen molar-refractivity contribution in [1.82, 2.24) is 4.90 Å². The predicted octanol–water partition coefficient (Wildman–Crippen LogP) is 3.54. The van der Waals surface area contributed by atoms with Gasteiger partial charge in [-0.25, -0.2) is 0 Å². The summed E-state index contributed by atoms with van der Waals surface area (Å²) in [6.45, 7) is 4.22. The van der Waals surface area contributed by atoms with Crippen molar-refractivity contribution >= 4 is 11.6 Å². The van der Waals surface area contributed by atoms with Gasteiger partial charge in [-0.15, -0.1) is 11.6 Å². The number of rotatable bonds is 5. The summed E-state index contributed by atoms with van der Waals surface area (Å²) in [4.78, 5) is 2.20. The molecule has 1 unspecified atom stereocenters. The van der Waals surface area contributed by atoms with E-state index >= 15 is 0 Å². The van der Waals surface area contributed by atoms with E-state index in [0.29, 0.717) is 11.9 Å². The summed E-state index contributed by atoms with van der Waals surface area (Å²) in [5.41, 5.74) is 3.75. The summed E-state index contributed by atoms with van der Waals surface area (Å²) in [7, 11) is 5.89. The smallest absolute Gasteiger partial charge is 0.124 e. The van der Waals surface area contributed by atoms with Crippen molar-refractivity contribution < 1.29 is 4.74 Å². The number of halogens is 1. The minimum Gasteiger partial charge on any atom is -0.496 e. The van der Waals surface area contributed by atoms with Gasteiger partial charge in [0.2, 0.25) is 0 Å². The highest BCUT2D eigenvalue weighted by atomic mass is 35.5. The molecule has 0 aliphatic carbocycles. The van der Waals surface area contributed by atoms with Crippen LogP contribution in [0.4, 0.5) is 0 Å². The maximum absolute atomic E-state index is 5.90. The SMILES string of the molecule is COc1cc(C)cc(C)c1C(CCCl)N(C)C. The molecule has 0 aromatic heterocycles. The molecule has 0 radical (unpaired) electrons. The lowest BCUT2D eigenvalue weighted by molar-refractivity contribution is 0.282. The highest BCUT2D eigenvalue weighted by Crippen LogP contribution is 2.34. The second-order valence-corrected chi connectivity index (χ2v) is 5.03. The van der Waals surface area contributed by atoms with Gasteiger partial charge < -0.3 is 9.64 Å². The quantitative estimate of drug-likeness (QED) is 0.747. The highest BCUT2D eigenvalue weighted by molar-refractivity contribution is 6.17. The van der Waals surface area contributed by atoms with Crippen LogP contribution in [-0.4, -0.2) is 32.0 Å². The van der Waals surface area contributed by atoms with E-state index in [0.717, 1.165) is 12.2 Å². The molecule has 96 valence electrons. The van der Waals surface area contributed by atoms with Crippen LogP contribution in [0.25, 0.3) is 0 Å². The number of aryl methyl sites for hydroxylation is 2. The normalized spacial score (nSPS) is 12.9. The molecule has 0 spiro atoms. The monoisotopic (exact) mass is 255 g/mol. The molecule has 17 heavy (non-hydrogen) atoms. The second kappa shape index (κ2) is 6.27. The van der Waals surface area contributed by atoms with E-state index in [4.69, 9.17) is 16.3 Å². The number of alkyl halides is 1. The number of nitrogens with zero attached hydrogens (tertiary/aromatic N) is 1. The first-order valence-electron chi connectivity index (χ1n) is 5.88. The van der Waals surface area contributed by atoms with Crippen LogP contribution < -0.4 is 4.74 Å². The lowest BCUT2D eigenvalue weighted by Crippen LogP contribution is -2.22. The first-order chi connectivity index (χ1) is 8.01. The van der Waals surface area contributed by atoms with Crippen LogP contribution in [0.2, 0.25) is 0 Å². The average Bonchev–Trinajstić information content (AvgIpc) is 2.25. The summed E-state index contributed by atoms with van der Waals surface area (Å²) in [5.74, 6) is 1.62. The molecule has 0 N–H and O–H groups in total. The molecule has 0 amide bonds. The van der Waals surface area contributed by atoms with Crippen molar-refractivity contribution in [3.05, 3.63) is 28.8 Å². The highest BCUT2D eigenvalue weighted by Gasteiger charge is 2.20. The molecule has 1 rings (SSSR count). The van der Waals surface area contributed by atoms with Gasteiger partial charge in [0.15, 0.2) is 0 Å². The molecule has 0 saturated carbocycles. The van der Waals surface area contributed by atoms with Gasteiger partial charge in [-0.1, -0.05) is 6.07 Å². The molecule has 0 saturated heterocycles. The molecule has 0 bridgehead atoms. The number of benzene rings is 1. The molecule has 3 heteroatoms. The van der Waals surface area contributed by atoms with Crippen LogP contribution in [-0.2, 0) is 0 Å². The molecular weight excluding hydrogens is 234 g/mol. The molecule has 0 aliphatic heterocycles. The third-order valence-corrected chi connectivity index (χ3v) is 3.27. The molecule has 0 aliphatic rings. The third-order valence-electron chi connectivity index (χ3n) is 3.05. The van der Waals surface area contributed by atoms with Crippen LogP contribution in [0, 0.1) is 13.8 Å². The number of ether oxygens (including phenoxy) is 1. The van der Waals surface area contributed by atoms with Crippen LogP contribution >= 0.6 is 11.6 Å². The third kappa shape index (κ3) is 3.36. The Labute approximate surface area is 110 Å². The zero-order valence-electron chi connectivity index (χ0n) is 11.4. The molecule has 0 fully saturated rings. The summed E-state index contributed by atoms with van der Waals surface area (Å²) >= 11 is 5.90. The van der Waals surface area contributed by atoms with E-state index < -0.39 is 0 Å². The molecule has 1 aromatic carbocycles. The van der Waals surface area contributed by atoms with E-state index in [-0.39, 0.29) is 0 Å². The lowest BCUT2D eigenvalue weighted by Gasteiger charge is -2.27. The Kier molecular flexibility index (Phi) is 5.29. The molecule has 1 atom stereocenters. The molecule has 2 nitrogen and oxygen atoms in total. The zero-order valence-corrected chi connectivity index (χ0v) is 12.1. The molecule has 0 heterocycles. The van der Waals surface area contributed by atoms with E-state index in [1.165, 1.54) is 16.7 Å². The van der Waals surface area contributed by atoms with Crippen molar-refractivity contribution in [3.8, 4) is 5.75 Å². The minimum atomic E-state index is 0.308. The zero-order chi connectivity index (χ0) is 13.0. The van der Waals surface area contributed by atoms with Crippen LogP contribution in [0.15, 0.2) is 12.1 Å². The number of hydrogen-bond acceptors (Lipinski definition) is 2. The van der Waals surface area contributed by atoms with Gasteiger partial charge in [0.1, 0.15) is 5.75 Å². The van der Waals surface area contributed by atoms with E-state index in [1.54, 1.807) is 7.11 Å². The van der Waals surface area contributed by atoms with Crippen LogP contribution in [0.5, 0.6) is 5.75 Å². The van der Waals surface area contributed by atoms with E-state index in [9.17, 15) is 0 Å². The first kappa shape index (κ1) is 14.3. The van der Waals surface area contributed by atoms with E-state index in [1.807, 2.05) is 0 Å². The fourth-order valence-corrected chi connectivity index (χ4v) is 2.51. The van der Waals surface area contributed by atoms with Crippen molar-refractivity contribution in [2.75, 3.05) is 27.1 Å². The van der Waals surface area contributed by atoms with Crippen LogP contribution in [0.3, 0.4) is 0 Å². The van der Waals surface area contributed by atoms with Crippen molar-refractivity contribution in [2.45, 2.75) is 26.3 Å². The Bertz CT molecular complexity index is 377. The topological polar surface area (TPSA) is 12.5 Å². The fourth-order valence-electron chi connectivity index (χ4n) is 2.30. The standard InChI is InChI=1S/C14H22ClNO/c1-10-8-11(2)14(13(9-10)17-5)12(6-7-15)16(3)4/h8-9,12H,6-7H2,1-5H3. The number of methoxy groups -OCH3 is 1. The number of hydrogen-bond donors (Lipinski definition) is 0. The largest absolute Gasteiger partial charge is 0.496 e. The molecule has 1 aromatic rings. The van der Waals surface area contributed by atoms with Gasteiger partial charge in [-0.3, -0.25) is 0 Å². The first-order valence-corrected chi connectivity index (χ1v) is 6.42.